The number of ether oxygens (including phenoxy) is 1. The van der Waals surface area contributed by atoms with Crippen molar-refractivity contribution in [2.24, 2.45) is 0 Å². The van der Waals surface area contributed by atoms with Gasteiger partial charge in [-0.2, -0.15) is 8.42 Å². The highest BCUT2D eigenvalue weighted by Crippen LogP contribution is 2.44. The topological polar surface area (TPSA) is 100 Å². The Balaban J connectivity index is 1.32. The van der Waals surface area contributed by atoms with Gasteiger partial charge in [0, 0.05) is 12.5 Å². The molecule has 0 radical (unpaired) electrons. The summed E-state index contributed by atoms with van der Waals surface area (Å²) in [5.41, 5.74) is 4.36. The van der Waals surface area contributed by atoms with Crippen LogP contribution in [-0.4, -0.2) is 39.4 Å². The highest BCUT2D eigenvalue weighted by Gasteiger charge is 2.52. The van der Waals surface area contributed by atoms with Crippen molar-refractivity contribution in [1.82, 2.24) is 5.32 Å². The molecule has 1 N–H and O–H groups in total. The second-order valence-corrected chi connectivity index (χ2v) is 12.0. The zero-order valence-corrected chi connectivity index (χ0v) is 23.8. The monoisotopic (exact) mass is 567 g/mol. The molecule has 1 heterocycles. The molecule has 5 rings (SSSR count). The van der Waals surface area contributed by atoms with E-state index >= 15 is 0 Å². The second-order valence-electron chi connectivity index (χ2n) is 11.0. The molecular weight excluding hydrogens is 536 g/mol. The lowest BCUT2D eigenvalue weighted by atomic mass is 9.77. The summed E-state index contributed by atoms with van der Waals surface area (Å²) in [6.07, 6.45) is -0.650. The van der Waals surface area contributed by atoms with E-state index in [1.807, 2.05) is 64.1 Å². The van der Waals surface area contributed by atoms with Crippen molar-refractivity contribution in [2.75, 3.05) is 6.61 Å². The fraction of sp³-hybridized carbons (Fsp3) is 0.345. The number of amides is 1. The number of hydrogen-bond acceptors (Lipinski definition) is 7. The lowest BCUT2D eigenvalue weighted by Gasteiger charge is -2.32. The summed E-state index contributed by atoms with van der Waals surface area (Å²) in [5.74, 6) is -0.319. The highest BCUT2D eigenvalue weighted by atomic mass is 32.3. The Hall–Kier alpha value is -3.41. The van der Waals surface area contributed by atoms with Gasteiger partial charge in [-0.15, -0.1) is 0 Å². The van der Waals surface area contributed by atoms with Crippen molar-refractivity contribution in [3.05, 3.63) is 82.9 Å². The van der Waals surface area contributed by atoms with Gasteiger partial charge in [0.05, 0.1) is 11.2 Å². The SMILES string of the molecule is Cc1c(CNC(=O)OCC2c3ccccc3-c3ccccc32)cc(B2OC(C)(C)C(C)(C)O2)cc1OS(=O)(=O)F. The second kappa shape index (κ2) is 10.2. The number of nitrogens with one attached hydrogen (secondary N) is 1. The van der Waals surface area contributed by atoms with E-state index in [1.54, 1.807) is 13.0 Å². The Morgan fingerprint density at radius 1 is 0.975 bits per heavy atom. The summed E-state index contributed by atoms with van der Waals surface area (Å²) >= 11 is 0. The van der Waals surface area contributed by atoms with E-state index in [4.69, 9.17) is 14.0 Å². The maximum absolute atomic E-state index is 13.5. The van der Waals surface area contributed by atoms with E-state index in [9.17, 15) is 17.1 Å². The predicted molar refractivity (Wildman–Crippen MR) is 149 cm³/mol. The number of halogens is 1. The van der Waals surface area contributed by atoms with Gasteiger partial charge < -0.3 is 23.5 Å². The van der Waals surface area contributed by atoms with E-state index in [0.717, 1.165) is 22.3 Å². The van der Waals surface area contributed by atoms with Crippen LogP contribution < -0.4 is 15.0 Å². The summed E-state index contributed by atoms with van der Waals surface area (Å²) in [4.78, 5) is 12.8. The van der Waals surface area contributed by atoms with E-state index < -0.39 is 34.9 Å². The molecule has 1 saturated heterocycles. The molecule has 0 atom stereocenters. The van der Waals surface area contributed by atoms with Gasteiger partial charge in [0.1, 0.15) is 12.4 Å². The Morgan fingerprint density at radius 2 is 1.52 bits per heavy atom. The molecule has 0 bridgehead atoms. The number of carbonyl (C=O) groups excluding carboxylic acids is 1. The largest absolute Gasteiger partial charge is 0.494 e. The molecule has 11 heteroatoms. The molecular formula is C29H31BFNO7S. The maximum Gasteiger partial charge on any atom is 0.494 e. The third-order valence-corrected chi connectivity index (χ3v) is 8.35. The summed E-state index contributed by atoms with van der Waals surface area (Å²) in [7, 11) is -6.15. The maximum atomic E-state index is 13.5. The number of rotatable bonds is 7. The van der Waals surface area contributed by atoms with Gasteiger partial charge in [0.15, 0.2) is 0 Å². The van der Waals surface area contributed by atoms with Gasteiger partial charge in [0.2, 0.25) is 0 Å². The van der Waals surface area contributed by atoms with Crippen molar-refractivity contribution in [1.29, 1.82) is 0 Å². The lowest BCUT2D eigenvalue weighted by Crippen LogP contribution is -2.41. The zero-order chi connectivity index (χ0) is 28.9. The zero-order valence-electron chi connectivity index (χ0n) is 23.0. The van der Waals surface area contributed by atoms with Crippen LogP contribution in [0.2, 0.25) is 0 Å². The molecule has 3 aromatic rings. The molecule has 210 valence electrons. The third kappa shape index (κ3) is 5.46. The molecule has 8 nitrogen and oxygen atoms in total. The first-order valence-corrected chi connectivity index (χ1v) is 14.3. The molecule has 0 unspecified atom stereocenters. The Morgan fingerprint density at radius 3 is 2.08 bits per heavy atom. The summed E-state index contributed by atoms with van der Waals surface area (Å²) < 4.78 is 58.5. The lowest BCUT2D eigenvalue weighted by molar-refractivity contribution is 0.00578. The normalized spacial score (nSPS) is 17.3. The number of benzene rings is 3. The fourth-order valence-corrected chi connectivity index (χ4v) is 5.47. The summed E-state index contributed by atoms with van der Waals surface area (Å²) in [6.45, 7) is 9.20. The fourth-order valence-electron chi connectivity index (χ4n) is 5.08. The van der Waals surface area contributed by atoms with Crippen molar-refractivity contribution < 1.29 is 35.3 Å². The van der Waals surface area contributed by atoms with Crippen LogP contribution in [-0.2, 0) is 31.1 Å². The summed E-state index contributed by atoms with van der Waals surface area (Å²) in [5, 5.41) is 2.71. The molecule has 2 aliphatic rings. The Labute approximate surface area is 234 Å². The average Bonchev–Trinajstić information content (AvgIpc) is 3.31. The molecule has 1 aliphatic heterocycles. The molecule has 0 aromatic heterocycles. The Bertz CT molecular complexity index is 1510. The molecule has 0 spiro atoms. The van der Waals surface area contributed by atoms with Crippen molar-refractivity contribution >= 4 is 29.2 Å². The number of hydrogen-bond donors (Lipinski definition) is 1. The van der Waals surface area contributed by atoms with Crippen molar-refractivity contribution in [3.63, 3.8) is 0 Å². The molecule has 0 saturated carbocycles. The van der Waals surface area contributed by atoms with Crippen LogP contribution in [0.5, 0.6) is 5.75 Å². The van der Waals surface area contributed by atoms with Crippen LogP contribution in [0.4, 0.5) is 8.68 Å². The minimum Gasteiger partial charge on any atom is -0.449 e. The van der Waals surface area contributed by atoms with E-state index in [1.165, 1.54) is 6.07 Å². The van der Waals surface area contributed by atoms with Gasteiger partial charge in [0.25, 0.3) is 0 Å². The van der Waals surface area contributed by atoms with Crippen LogP contribution in [0.15, 0.2) is 60.7 Å². The minimum absolute atomic E-state index is 0.0292. The predicted octanol–water partition coefficient (Wildman–Crippen LogP) is 4.93. The minimum atomic E-state index is -5.29. The van der Waals surface area contributed by atoms with Gasteiger partial charge >= 0.3 is 23.7 Å². The van der Waals surface area contributed by atoms with Crippen molar-refractivity contribution in [2.45, 2.75) is 58.3 Å². The number of fused-ring (bicyclic) bond motifs is 3. The molecule has 40 heavy (non-hydrogen) atoms. The van der Waals surface area contributed by atoms with E-state index in [2.05, 4.69) is 21.6 Å². The van der Waals surface area contributed by atoms with Crippen LogP contribution in [0.25, 0.3) is 11.1 Å². The smallest absolute Gasteiger partial charge is 0.449 e. The van der Waals surface area contributed by atoms with Crippen molar-refractivity contribution in [3.8, 4) is 16.9 Å². The third-order valence-electron chi connectivity index (χ3n) is 7.97. The van der Waals surface area contributed by atoms with Gasteiger partial charge in [-0.1, -0.05) is 58.5 Å². The number of alkyl carbamates (subject to hydrolysis) is 1. The van der Waals surface area contributed by atoms with Crippen LogP contribution >= 0.6 is 0 Å². The first kappa shape index (κ1) is 28.1. The summed E-state index contributed by atoms with van der Waals surface area (Å²) in [6, 6.07) is 19.1. The van der Waals surface area contributed by atoms with Gasteiger partial charge in [-0.3, -0.25) is 0 Å². The number of carbonyl (C=O) groups is 1. The Kier molecular flexibility index (Phi) is 7.18. The van der Waals surface area contributed by atoms with Crippen LogP contribution in [0.3, 0.4) is 0 Å². The quantitative estimate of drug-likeness (QED) is 0.320. The van der Waals surface area contributed by atoms with Crippen LogP contribution in [0, 0.1) is 6.92 Å². The first-order valence-electron chi connectivity index (χ1n) is 13.0. The van der Waals surface area contributed by atoms with E-state index in [0.29, 0.717) is 16.6 Å². The van der Waals surface area contributed by atoms with Gasteiger partial charge in [-0.05, 0) is 79.5 Å². The molecule has 1 amide bonds. The highest BCUT2D eigenvalue weighted by molar-refractivity contribution is 7.81. The molecule has 1 fully saturated rings. The van der Waals surface area contributed by atoms with Gasteiger partial charge in [-0.25, -0.2) is 4.79 Å². The molecule has 1 aliphatic carbocycles. The molecule has 3 aromatic carbocycles. The first-order chi connectivity index (χ1) is 18.8. The average molecular weight is 567 g/mol. The standard InChI is InChI=1S/C29H31BFNO7S/c1-18-19(14-20(15-26(18)37-40(31,34)35)30-38-28(2,3)29(4,5)39-30)16-32-27(33)36-17-25-23-12-8-6-10-21(23)22-11-7-9-13-24(22)25/h6-15,25H,16-17H2,1-5H3,(H,32,33). The van der Waals surface area contributed by atoms with E-state index in [-0.39, 0.29) is 24.8 Å². The van der Waals surface area contributed by atoms with Crippen LogP contribution in [0.1, 0.15) is 55.9 Å².